The molecule has 5 heteroatoms. The van der Waals surface area contributed by atoms with Crippen molar-refractivity contribution in [3.05, 3.63) is 35.4 Å². The number of rotatable bonds is 5. The normalized spacial score (nSPS) is 23.5. The van der Waals surface area contributed by atoms with Crippen molar-refractivity contribution in [1.82, 2.24) is 9.80 Å². The largest absolute Gasteiger partial charge is 0.372 e. The molecule has 5 nitrogen and oxygen atoms in total. The fraction of sp³-hybridized carbons (Fsp3) is 0.619. The lowest BCUT2D eigenvalue weighted by Crippen LogP contribution is -2.37. The van der Waals surface area contributed by atoms with Crippen LogP contribution in [-0.2, 0) is 20.9 Å². The Kier molecular flexibility index (Phi) is 5.97. The number of hydrogen-bond donors (Lipinski definition) is 0. The summed E-state index contributed by atoms with van der Waals surface area (Å²) in [5.74, 6) is 0.323. The molecule has 2 saturated heterocycles. The minimum atomic E-state index is -0.273. The van der Waals surface area contributed by atoms with E-state index in [1.54, 1.807) is 0 Å². The molecule has 2 aliphatic heterocycles. The standard InChI is InChI=1S/C21H30N2O3/c1-3-26-16-19(24)22-11-5-8-21(9-12-22)10-13-23(20(21)25)15-18-7-4-6-17(2)14-18/h4,6-7,14H,3,5,8-13,15-16H2,1-2H3/t21-/m0/s1. The molecule has 0 saturated carbocycles. The third kappa shape index (κ3) is 4.09. The van der Waals surface area contributed by atoms with Crippen LogP contribution in [0.3, 0.4) is 0 Å². The molecule has 0 radical (unpaired) electrons. The number of amides is 2. The molecule has 0 aromatic heterocycles. The Balaban J connectivity index is 1.62. The fourth-order valence-corrected chi connectivity index (χ4v) is 4.26. The van der Waals surface area contributed by atoms with E-state index in [0.29, 0.717) is 19.7 Å². The van der Waals surface area contributed by atoms with Gasteiger partial charge in [-0.05, 0) is 45.1 Å². The molecule has 3 rings (SSSR count). The van der Waals surface area contributed by atoms with Crippen molar-refractivity contribution < 1.29 is 14.3 Å². The lowest BCUT2D eigenvalue weighted by molar-refractivity contribution is -0.139. The van der Waals surface area contributed by atoms with Crippen molar-refractivity contribution in [3.8, 4) is 0 Å². The van der Waals surface area contributed by atoms with Gasteiger partial charge in [-0.2, -0.15) is 0 Å². The Morgan fingerprint density at radius 1 is 1.19 bits per heavy atom. The van der Waals surface area contributed by atoms with Crippen molar-refractivity contribution in [3.63, 3.8) is 0 Å². The maximum atomic E-state index is 13.2. The lowest BCUT2D eigenvalue weighted by atomic mass is 9.79. The Labute approximate surface area is 156 Å². The predicted molar refractivity (Wildman–Crippen MR) is 101 cm³/mol. The Bertz CT molecular complexity index is 660. The minimum absolute atomic E-state index is 0.0472. The number of aryl methyl sites for hydroxylation is 1. The first kappa shape index (κ1) is 18.9. The third-order valence-corrected chi connectivity index (χ3v) is 5.78. The van der Waals surface area contributed by atoms with Crippen molar-refractivity contribution in [2.24, 2.45) is 5.41 Å². The highest BCUT2D eigenvalue weighted by molar-refractivity contribution is 5.85. The summed E-state index contributed by atoms with van der Waals surface area (Å²) in [5.41, 5.74) is 2.14. The Morgan fingerprint density at radius 3 is 2.77 bits per heavy atom. The van der Waals surface area contributed by atoms with E-state index < -0.39 is 0 Å². The zero-order valence-corrected chi connectivity index (χ0v) is 16.0. The lowest BCUT2D eigenvalue weighted by Gasteiger charge is -2.27. The number of hydrogen-bond acceptors (Lipinski definition) is 3. The van der Waals surface area contributed by atoms with Crippen LogP contribution in [0.4, 0.5) is 0 Å². The molecule has 26 heavy (non-hydrogen) atoms. The second kappa shape index (κ2) is 8.21. The van der Waals surface area contributed by atoms with E-state index in [1.807, 2.05) is 16.7 Å². The first-order valence-electron chi connectivity index (χ1n) is 9.74. The number of carbonyl (C=O) groups excluding carboxylic acids is 2. The number of nitrogens with zero attached hydrogens (tertiary/aromatic N) is 2. The summed E-state index contributed by atoms with van der Waals surface area (Å²) in [7, 11) is 0. The van der Waals surface area contributed by atoms with Gasteiger partial charge in [0.15, 0.2) is 0 Å². The molecule has 2 heterocycles. The van der Waals surface area contributed by atoms with Gasteiger partial charge in [0, 0.05) is 32.8 Å². The summed E-state index contributed by atoms with van der Waals surface area (Å²) in [5, 5.41) is 0. The van der Waals surface area contributed by atoms with Gasteiger partial charge in [-0.25, -0.2) is 0 Å². The van der Waals surface area contributed by atoms with E-state index in [-0.39, 0.29) is 23.8 Å². The molecular formula is C21H30N2O3. The van der Waals surface area contributed by atoms with Gasteiger partial charge in [0.2, 0.25) is 11.8 Å². The van der Waals surface area contributed by atoms with Gasteiger partial charge in [-0.1, -0.05) is 29.8 Å². The zero-order valence-electron chi connectivity index (χ0n) is 16.0. The second-order valence-corrected chi connectivity index (χ2v) is 7.62. The van der Waals surface area contributed by atoms with Crippen molar-refractivity contribution in [2.45, 2.75) is 46.1 Å². The van der Waals surface area contributed by atoms with Gasteiger partial charge in [0.05, 0.1) is 5.41 Å². The highest BCUT2D eigenvalue weighted by atomic mass is 16.5. The third-order valence-electron chi connectivity index (χ3n) is 5.78. The molecule has 1 spiro atoms. The van der Waals surface area contributed by atoms with E-state index in [1.165, 1.54) is 11.1 Å². The summed E-state index contributed by atoms with van der Waals surface area (Å²) >= 11 is 0. The van der Waals surface area contributed by atoms with Crippen molar-refractivity contribution >= 4 is 11.8 Å². The molecular weight excluding hydrogens is 328 g/mol. The number of likely N-dealkylation sites (tertiary alicyclic amines) is 2. The zero-order chi connectivity index (χ0) is 18.6. The Hall–Kier alpha value is -1.88. The van der Waals surface area contributed by atoms with Gasteiger partial charge in [-0.15, -0.1) is 0 Å². The second-order valence-electron chi connectivity index (χ2n) is 7.62. The van der Waals surface area contributed by atoms with Crippen molar-refractivity contribution in [1.29, 1.82) is 0 Å². The highest BCUT2D eigenvalue weighted by Crippen LogP contribution is 2.42. The van der Waals surface area contributed by atoms with Crippen LogP contribution < -0.4 is 0 Å². The molecule has 2 amide bonds. The molecule has 0 bridgehead atoms. The number of benzene rings is 1. The van der Waals surface area contributed by atoms with Crippen LogP contribution in [0.2, 0.25) is 0 Å². The fourth-order valence-electron chi connectivity index (χ4n) is 4.26. The van der Waals surface area contributed by atoms with Gasteiger partial charge < -0.3 is 14.5 Å². The molecule has 0 N–H and O–H groups in total. The number of carbonyl (C=O) groups is 2. The summed E-state index contributed by atoms with van der Waals surface area (Å²) in [6.07, 6.45) is 3.45. The quantitative estimate of drug-likeness (QED) is 0.813. The van der Waals surface area contributed by atoms with E-state index in [4.69, 9.17) is 4.74 Å². The summed E-state index contributed by atoms with van der Waals surface area (Å²) < 4.78 is 5.25. The van der Waals surface area contributed by atoms with Gasteiger partial charge in [0.25, 0.3) is 0 Å². The molecule has 1 aromatic rings. The topological polar surface area (TPSA) is 49.9 Å². The summed E-state index contributed by atoms with van der Waals surface area (Å²) in [6.45, 7) is 7.58. The Morgan fingerprint density at radius 2 is 2.00 bits per heavy atom. The average Bonchev–Trinajstić information content (AvgIpc) is 2.81. The summed E-state index contributed by atoms with van der Waals surface area (Å²) in [6, 6.07) is 8.37. The molecule has 0 aliphatic carbocycles. The maximum absolute atomic E-state index is 13.2. The average molecular weight is 358 g/mol. The van der Waals surface area contributed by atoms with Crippen LogP contribution in [0.15, 0.2) is 24.3 Å². The molecule has 1 atom stereocenters. The smallest absolute Gasteiger partial charge is 0.248 e. The van der Waals surface area contributed by atoms with E-state index in [9.17, 15) is 9.59 Å². The van der Waals surface area contributed by atoms with E-state index in [2.05, 4.69) is 31.2 Å². The molecule has 1 aromatic carbocycles. The van der Waals surface area contributed by atoms with Crippen LogP contribution in [-0.4, -0.2) is 54.5 Å². The van der Waals surface area contributed by atoms with E-state index >= 15 is 0 Å². The van der Waals surface area contributed by atoms with Crippen LogP contribution in [0, 0.1) is 12.3 Å². The highest BCUT2D eigenvalue weighted by Gasteiger charge is 2.47. The summed E-state index contributed by atoms with van der Waals surface area (Å²) in [4.78, 5) is 29.3. The maximum Gasteiger partial charge on any atom is 0.248 e. The van der Waals surface area contributed by atoms with Crippen LogP contribution >= 0.6 is 0 Å². The minimum Gasteiger partial charge on any atom is -0.372 e. The molecule has 2 fully saturated rings. The first-order chi connectivity index (χ1) is 12.5. The first-order valence-corrected chi connectivity index (χ1v) is 9.74. The molecule has 2 aliphatic rings. The van der Waals surface area contributed by atoms with Crippen LogP contribution in [0.25, 0.3) is 0 Å². The van der Waals surface area contributed by atoms with Gasteiger partial charge in [0.1, 0.15) is 6.61 Å². The van der Waals surface area contributed by atoms with Crippen LogP contribution in [0.1, 0.15) is 43.7 Å². The molecule has 0 unspecified atom stereocenters. The van der Waals surface area contributed by atoms with Gasteiger partial charge >= 0.3 is 0 Å². The molecule has 142 valence electrons. The predicted octanol–water partition coefficient (Wildman–Crippen LogP) is 2.76. The van der Waals surface area contributed by atoms with Crippen LogP contribution in [0.5, 0.6) is 0 Å². The monoisotopic (exact) mass is 358 g/mol. The van der Waals surface area contributed by atoms with E-state index in [0.717, 1.165) is 38.8 Å². The van der Waals surface area contributed by atoms with Gasteiger partial charge in [-0.3, -0.25) is 9.59 Å². The van der Waals surface area contributed by atoms with Crippen molar-refractivity contribution in [2.75, 3.05) is 32.8 Å². The SMILES string of the molecule is CCOCC(=O)N1CCC[C@]2(CC1)CCN(Cc1cccc(C)c1)C2=O. The number of ether oxygens (including phenoxy) is 1.